The molecule has 0 radical (unpaired) electrons. The van der Waals surface area contributed by atoms with Crippen molar-refractivity contribution in [3.63, 3.8) is 0 Å². The highest BCUT2D eigenvalue weighted by Gasteiger charge is 2.43. The number of benzene rings is 3. The lowest BCUT2D eigenvalue weighted by atomic mass is 10.1. The van der Waals surface area contributed by atoms with Crippen molar-refractivity contribution >= 4 is 23.0 Å². The Bertz CT molecular complexity index is 1240. The van der Waals surface area contributed by atoms with Crippen molar-refractivity contribution in [3.05, 3.63) is 108 Å². The van der Waals surface area contributed by atoms with E-state index in [1.807, 2.05) is 48.7 Å². The molecule has 31 heavy (non-hydrogen) atoms. The molecule has 1 amide bonds. The molecule has 5 heteroatoms. The largest absolute Gasteiger partial charge is 0.342 e. The first kappa shape index (κ1) is 19.2. The first-order chi connectivity index (χ1) is 15.2. The van der Waals surface area contributed by atoms with E-state index < -0.39 is 0 Å². The molecule has 1 fully saturated rings. The standard InChI is InChI=1S/C26H22FN3O/c27-21-12-10-18(11-13-21)16-30-17-20(22-8-4-5-9-25(22)30)15-28-29-26(31)24-14-23(24)19-6-2-1-3-7-19/h1-13,15,17,23-24H,14,16H2,(H,29,31). The van der Waals surface area contributed by atoms with Crippen LogP contribution in [-0.2, 0) is 11.3 Å². The molecule has 1 heterocycles. The lowest BCUT2D eigenvalue weighted by Gasteiger charge is -2.05. The van der Waals surface area contributed by atoms with Gasteiger partial charge < -0.3 is 4.57 Å². The molecule has 0 bridgehead atoms. The zero-order valence-electron chi connectivity index (χ0n) is 16.9. The van der Waals surface area contributed by atoms with Crippen molar-refractivity contribution in [3.8, 4) is 0 Å². The number of fused-ring (bicyclic) bond motifs is 1. The van der Waals surface area contributed by atoms with Crippen LogP contribution in [0.4, 0.5) is 4.39 Å². The molecule has 2 atom stereocenters. The zero-order valence-corrected chi connectivity index (χ0v) is 16.9. The van der Waals surface area contributed by atoms with E-state index in [4.69, 9.17) is 0 Å². The molecule has 2 unspecified atom stereocenters. The van der Waals surface area contributed by atoms with Crippen molar-refractivity contribution in [2.45, 2.75) is 18.9 Å². The lowest BCUT2D eigenvalue weighted by molar-refractivity contribution is -0.122. The number of hydrogen-bond acceptors (Lipinski definition) is 2. The summed E-state index contributed by atoms with van der Waals surface area (Å²) in [5.41, 5.74) is 6.91. The Kier molecular flexibility index (Phi) is 5.08. The summed E-state index contributed by atoms with van der Waals surface area (Å²) in [6, 6.07) is 24.7. The molecular weight excluding hydrogens is 389 g/mol. The summed E-state index contributed by atoms with van der Waals surface area (Å²) < 4.78 is 15.3. The number of nitrogens with zero attached hydrogens (tertiary/aromatic N) is 2. The van der Waals surface area contributed by atoms with E-state index >= 15 is 0 Å². The molecule has 0 saturated heterocycles. The third kappa shape index (κ3) is 4.12. The van der Waals surface area contributed by atoms with Gasteiger partial charge in [-0.15, -0.1) is 0 Å². The van der Waals surface area contributed by atoms with Gasteiger partial charge in [-0.05, 0) is 41.7 Å². The molecule has 4 aromatic rings. The number of nitrogens with one attached hydrogen (secondary N) is 1. The minimum Gasteiger partial charge on any atom is -0.342 e. The van der Waals surface area contributed by atoms with Gasteiger partial charge >= 0.3 is 0 Å². The molecule has 1 aliphatic carbocycles. The molecule has 0 spiro atoms. The van der Waals surface area contributed by atoms with Crippen molar-refractivity contribution in [2.75, 3.05) is 0 Å². The first-order valence-corrected chi connectivity index (χ1v) is 10.4. The Labute approximate surface area is 180 Å². The summed E-state index contributed by atoms with van der Waals surface area (Å²) >= 11 is 0. The van der Waals surface area contributed by atoms with E-state index in [0.717, 1.165) is 28.5 Å². The highest BCUT2D eigenvalue weighted by Crippen LogP contribution is 2.47. The van der Waals surface area contributed by atoms with Crippen molar-refractivity contribution < 1.29 is 9.18 Å². The number of halogens is 1. The maximum atomic E-state index is 13.2. The predicted octanol–water partition coefficient (Wildman–Crippen LogP) is 5.08. The molecule has 1 N–H and O–H groups in total. The highest BCUT2D eigenvalue weighted by atomic mass is 19.1. The van der Waals surface area contributed by atoms with Crippen LogP contribution in [0.3, 0.4) is 0 Å². The van der Waals surface area contributed by atoms with Gasteiger partial charge in [0, 0.05) is 35.1 Å². The van der Waals surface area contributed by atoms with Gasteiger partial charge in [0.25, 0.3) is 0 Å². The Balaban J connectivity index is 1.29. The summed E-state index contributed by atoms with van der Waals surface area (Å²) in [7, 11) is 0. The second kappa shape index (κ2) is 8.19. The van der Waals surface area contributed by atoms with Crippen molar-refractivity contribution in [1.82, 2.24) is 9.99 Å². The van der Waals surface area contributed by atoms with Crippen LogP contribution in [0, 0.1) is 11.7 Å². The molecule has 0 aliphatic heterocycles. The minimum absolute atomic E-state index is 0.0145. The summed E-state index contributed by atoms with van der Waals surface area (Å²) in [5.74, 6) is -0.0108. The fraction of sp³-hybridized carbons (Fsp3) is 0.154. The molecule has 4 nitrogen and oxygen atoms in total. The highest BCUT2D eigenvalue weighted by molar-refractivity contribution is 5.99. The fourth-order valence-electron chi connectivity index (χ4n) is 4.10. The van der Waals surface area contributed by atoms with E-state index in [1.54, 1.807) is 18.3 Å². The van der Waals surface area contributed by atoms with Crippen LogP contribution in [0.1, 0.15) is 29.0 Å². The lowest BCUT2D eigenvalue weighted by Crippen LogP contribution is -2.20. The molecule has 1 aliphatic rings. The Hall–Kier alpha value is -3.73. The van der Waals surface area contributed by atoms with Gasteiger partial charge in [0.1, 0.15) is 5.82 Å². The number of rotatable bonds is 6. The Morgan fingerprint density at radius 2 is 1.77 bits per heavy atom. The number of carbonyl (C=O) groups excluding carboxylic acids is 1. The number of amides is 1. The van der Waals surface area contributed by atoms with Crippen LogP contribution in [0.2, 0.25) is 0 Å². The third-order valence-electron chi connectivity index (χ3n) is 5.82. The zero-order chi connectivity index (χ0) is 21.2. The molecule has 1 aromatic heterocycles. The van der Waals surface area contributed by atoms with E-state index in [2.05, 4.69) is 27.2 Å². The van der Waals surface area contributed by atoms with Crippen molar-refractivity contribution in [1.29, 1.82) is 0 Å². The van der Waals surface area contributed by atoms with E-state index in [9.17, 15) is 9.18 Å². The number of carbonyl (C=O) groups is 1. The summed E-state index contributed by atoms with van der Waals surface area (Å²) in [4.78, 5) is 12.5. The van der Waals surface area contributed by atoms with E-state index in [0.29, 0.717) is 6.54 Å². The third-order valence-corrected chi connectivity index (χ3v) is 5.82. The van der Waals surface area contributed by atoms with Gasteiger partial charge in [0.05, 0.1) is 6.21 Å². The van der Waals surface area contributed by atoms with Gasteiger partial charge in [-0.25, -0.2) is 9.82 Å². The summed E-state index contributed by atoms with van der Waals surface area (Å²) in [6.07, 6.45) is 4.57. The SMILES string of the molecule is O=C(NN=Cc1cn(Cc2ccc(F)cc2)c2ccccc12)C1CC1c1ccccc1. The number of para-hydroxylation sites is 1. The van der Waals surface area contributed by atoms with Crippen LogP contribution in [0.5, 0.6) is 0 Å². The molecule has 154 valence electrons. The average molecular weight is 411 g/mol. The summed E-state index contributed by atoms with van der Waals surface area (Å²) in [5, 5.41) is 5.28. The van der Waals surface area contributed by atoms with Crippen LogP contribution in [-0.4, -0.2) is 16.7 Å². The normalized spacial score (nSPS) is 17.8. The fourth-order valence-corrected chi connectivity index (χ4v) is 4.10. The average Bonchev–Trinajstić information content (AvgIpc) is 3.54. The van der Waals surface area contributed by atoms with Gasteiger partial charge in [-0.1, -0.05) is 60.7 Å². The Morgan fingerprint density at radius 3 is 2.58 bits per heavy atom. The van der Waals surface area contributed by atoms with Gasteiger partial charge in [-0.3, -0.25) is 4.79 Å². The molecule has 3 aromatic carbocycles. The number of hydrogen-bond donors (Lipinski definition) is 1. The minimum atomic E-state index is -0.241. The van der Waals surface area contributed by atoms with E-state index in [1.165, 1.54) is 17.7 Å². The monoisotopic (exact) mass is 411 g/mol. The molecule has 1 saturated carbocycles. The van der Waals surface area contributed by atoms with Gasteiger partial charge in [0.15, 0.2) is 0 Å². The first-order valence-electron chi connectivity index (χ1n) is 10.4. The van der Waals surface area contributed by atoms with Crippen LogP contribution in [0.25, 0.3) is 10.9 Å². The number of aromatic nitrogens is 1. The molecule has 5 rings (SSSR count). The van der Waals surface area contributed by atoms with Crippen LogP contribution < -0.4 is 5.43 Å². The Morgan fingerprint density at radius 1 is 1.03 bits per heavy atom. The van der Waals surface area contributed by atoms with E-state index in [-0.39, 0.29) is 23.6 Å². The second-order valence-electron chi connectivity index (χ2n) is 7.95. The van der Waals surface area contributed by atoms with Gasteiger partial charge in [-0.2, -0.15) is 5.10 Å². The maximum absolute atomic E-state index is 13.2. The molecular formula is C26H22FN3O. The quantitative estimate of drug-likeness (QED) is 0.349. The van der Waals surface area contributed by atoms with Crippen LogP contribution >= 0.6 is 0 Å². The van der Waals surface area contributed by atoms with Gasteiger partial charge in [0.2, 0.25) is 5.91 Å². The predicted molar refractivity (Wildman–Crippen MR) is 120 cm³/mol. The second-order valence-corrected chi connectivity index (χ2v) is 7.95. The smallest absolute Gasteiger partial charge is 0.243 e. The van der Waals surface area contributed by atoms with Crippen molar-refractivity contribution in [2.24, 2.45) is 11.0 Å². The maximum Gasteiger partial charge on any atom is 0.243 e. The summed E-state index contributed by atoms with van der Waals surface area (Å²) in [6.45, 7) is 0.627. The number of hydrazone groups is 1. The van der Waals surface area contributed by atoms with Crippen LogP contribution in [0.15, 0.2) is 90.2 Å². The topological polar surface area (TPSA) is 46.4 Å².